The first kappa shape index (κ1) is 14.0. The van der Waals surface area contributed by atoms with Crippen LogP contribution >= 0.6 is 0 Å². The molecule has 0 radical (unpaired) electrons. The van der Waals surface area contributed by atoms with Crippen molar-refractivity contribution in [2.45, 2.75) is 18.3 Å². The number of carbonyl (C=O) groups is 1. The van der Waals surface area contributed by atoms with Crippen LogP contribution in [0.1, 0.15) is 28.8 Å². The minimum Gasteiger partial charge on any atom is -0.351 e. The highest BCUT2D eigenvalue weighted by Crippen LogP contribution is 2.48. The van der Waals surface area contributed by atoms with Gasteiger partial charge in [0, 0.05) is 30.6 Å². The van der Waals surface area contributed by atoms with E-state index in [9.17, 15) is 4.79 Å². The fraction of sp³-hybridized carbons (Fsp3) is 0.533. The van der Waals surface area contributed by atoms with Crippen LogP contribution in [0.15, 0.2) is 24.3 Å². The van der Waals surface area contributed by atoms with Crippen molar-refractivity contribution in [2.75, 3.05) is 33.7 Å². The lowest BCUT2D eigenvalue weighted by Gasteiger charge is -2.20. The van der Waals surface area contributed by atoms with E-state index < -0.39 is 0 Å². The van der Waals surface area contributed by atoms with Crippen LogP contribution in [0.3, 0.4) is 0 Å². The average molecular weight is 261 g/mol. The third-order valence-electron chi connectivity index (χ3n) is 3.66. The quantitative estimate of drug-likeness (QED) is 0.802. The van der Waals surface area contributed by atoms with E-state index in [2.05, 4.69) is 36.4 Å². The summed E-state index contributed by atoms with van der Waals surface area (Å²) in [6.45, 7) is 2.06. The van der Waals surface area contributed by atoms with Gasteiger partial charge in [0.1, 0.15) is 0 Å². The Labute approximate surface area is 115 Å². The number of likely N-dealkylation sites (N-methyl/N-ethyl adjacent to an activating group) is 1. The summed E-state index contributed by atoms with van der Waals surface area (Å²) in [7, 11) is 4.21. The number of hydrogen-bond acceptors (Lipinski definition) is 3. The lowest BCUT2D eigenvalue weighted by Crippen LogP contribution is -2.29. The van der Waals surface area contributed by atoms with Crippen LogP contribution in [-0.2, 0) is 5.41 Å². The topological polar surface area (TPSA) is 58.4 Å². The van der Waals surface area contributed by atoms with Crippen molar-refractivity contribution in [2.24, 2.45) is 5.73 Å². The molecule has 1 saturated carbocycles. The summed E-state index contributed by atoms with van der Waals surface area (Å²) in [4.78, 5) is 14.0. The van der Waals surface area contributed by atoms with Crippen molar-refractivity contribution >= 4 is 5.91 Å². The maximum absolute atomic E-state index is 11.8. The third kappa shape index (κ3) is 3.33. The molecule has 3 N–H and O–H groups in total. The number of nitrogens with two attached hydrogens (primary N) is 1. The van der Waals surface area contributed by atoms with Crippen molar-refractivity contribution < 1.29 is 4.79 Å². The number of rotatable bonds is 6. The molecule has 0 spiro atoms. The Morgan fingerprint density at radius 3 is 2.42 bits per heavy atom. The highest BCUT2D eigenvalue weighted by molar-refractivity contribution is 5.94. The largest absolute Gasteiger partial charge is 0.351 e. The SMILES string of the molecule is CN(C)CC1(c2ccc(C(=O)NCCN)cc2)CC1. The molecule has 0 heterocycles. The molecule has 1 aromatic rings. The van der Waals surface area contributed by atoms with Crippen LogP contribution in [0, 0.1) is 0 Å². The molecule has 0 aromatic heterocycles. The zero-order chi connectivity index (χ0) is 13.9. The summed E-state index contributed by atoms with van der Waals surface area (Å²) < 4.78 is 0. The van der Waals surface area contributed by atoms with Gasteiger partial charge in [-0.3, -0.25) is 4.79 Å². The third-order valence-corrected chi connectivity index (χ3v) is 3.66. The van der Waals surface area contributed by atoms with Crippen LogP contribution < -0.4 is 11.1 Å². The standard InChI is InChI=1S/C15H23N3O/c1-18(2)11-15(7-8-15)13-5-3-12(4-6-13)14(19)17-10-9-16/h3-6H,7-11,16H2,1-2H3,(H,17,19). The maximum Gasteiger partial charge on any atom is 0.251 e. The molecule has 2 rings (SSSR count). The molecule has 104 valence electrons. The molecule has 0 aliphatic heterocycles. The first-order chi connectivity index (χ1) is 9.07. The van der Waals surface area contributed by atoms with Gasteiger partial charge in [0.2, 0.25) is 0 Å². The lowest BCUT2D eigenvalue weighted by molar-refractivity contribution is 0.0954. The van der Waals surface area contributed by atoms with Gasteiger partial charge in [-0.2, -0.15) is 0 Å². The zero-order valence-electron chi connectivity index (χ0n) is 11.8. The van der Waals surface area contributed by atoms with Crippen LogP contribution in [0.4, 0.5) is 0 Å². The molecule has 1 aromatic carbocycles. The second-order valence-corrected chi connectivity index (χ2v) is 5.64. The fourth-order valence-corrected chi connectivity index (χ4v) is 2.56. The second-order valence-electron chi connectivity index (χ2n) is 5.64. The molecule has 4 heteroatoms. The van der Waals surface area contributed by atoms with Gasteiger partial charge in [-0.05, 0) is 44.6 Å². The molecule has 1 aliphatic rings. The van der Waals surface area contributed by atoms with E-state index in [1.807, 2.05) is 12.1 Å². The van der Waals surface area contributed by atoms with E-state index >= 15 is 0 Å². The normalized spacial score (nSPS) is 16.4. The first-order valence-electron chi connectivity index (χ1n) is 6.81. The highest BCUT2D eigenvalue weighted by Gasteiger charge is 2.44. The molecule has 19 heavy (non-hydrogen) atoms. The Balaban J connectivity index is 2.04. The van der Waals surface area contributed by atoms with Crippen molar-refractivity contribution in [3.63, 3.8) is 0 Å². The first-order valence-corrected chi connectivity index (χ1v) is 6.81. The smallest absolute Gasteiger partial charge is 0.251 e. The van der Waals surface area contributed by atoms with Gasteiger partial charge in [0.15, 0.2) is 0 Å². The van der Waals surface area contributed by atoms with Gasteiger partial charge in [-0.1, -0.05) is 12.1 Å². The number of nitrogens with zero attached hydrogens (tertiary/aromatic N) is 1. The Morgan fingerprint density at radius 1 is 1.32 bits per heavy atom. The Hall–Kier alpha value is -1.39. The monoisotopic (exact) mass is 261 g/mol. The van der Waals surface area contributed by atoms with E-state index in [1.165, 1.54) is 18.4 Å². The molecule has 1 fully saturated rings. The van der Waals surface area contributed by atoms with Gasteiger partial charge >= 0.3 is 0 Å². The van der Waals surface area contributed by atoms with E-state index in [0.717, 1.165) is 6.54 Å². The summed E-state index contributed by atoms with van der Waals surface area (Å²) >= 11 is 0. The molecule has 0 bridgehead atoms. The van der Waals surface area contributed by atoms with E-state index in [1.54, 1.807) is 0 Å². The zero-order valence-corrected chi connectivity index (χ0v) is 11.8. The van der Waals surface area contributed by atoms with Crippen LogP contribution in [0.5, 0.6) is 0 Å². The minimum absolute atomic E-state index is 0.0468. The summed E-state index contributed by atoms with van der Waals surface area (Å²) in [5.74, 6) is -0.0468. The molecular weight excluding hydrogens is 238 g/mol. The number of hydrogen-bond donors (Lipinski definition) is 2. The Morgan fingerprint density at radius 2 is 1.95 bits per heavy atom. The maximum atomic E-state index is 11.8. The predicted molar refractivity (Wildman–Crippen MR) is 77.3 cm³/mol. The minimum atomic E-state index is -0.0468. The summed E-state index contributed by atoms with van der Waals surface area (Å²) in [6.07, 6.45) is 2.48. The molecule has 0 atom stereocenters. The summed E-state index contributed by atoms with van der Waals surface area (Å²) in [5, 5.41) is 2.78. The van der Waals surface area contributed by atoms with Crippen LogP contribution in [-0.4, -0.2) is 44.5 Å². The second kappa shape index (κ2) is 5.72. The van der Waals surface area contributed by atoms with E-state index in [0.29, 0.717) is 24.1 Å². The summed E-state index contributed by atoms with van der Waals surface area (Å²) in [5.41, 5.74) is 7.74. The van der Waals surface area contributed by atoms with Crippen molar-refractivity contribution in [3.8, 4) is 0 Å². The van der Waals surface area contributed by atoms with Gasteiger partial charge in [-0.25, -0.2) is 0 Å². The van der Waals surface area contributed by atoms with E-state index in [-0.39, 0.29) is 5.91 Å². The van der Waals surface area contributed by atoms with Crippen LogP contribution in [0.25, 0.3) is 0 Å². The molecule has 1 aliphatic carbocycles. The molecule has 4 nitrogen and oxygen atoms in total. The van der Waals surface area contributed by atoms with Crippen molar-refractivity contribution in [1.82, 2.24) is 10.2 Å². The van der Waals surface area contributed by atoms with Gasteiger partial charge < -0.3 is 16.0 Å². The lowest BCUT2D eigenvalue weighted by atomic mass is 9.94. The van der Waals surface area contributed by atoms with Gasteiger partial charge in [0.05, 0.1) is 0 Å². The predicted octanol–water partition coefficient (Wildman–Crippen LogP) is 0.968. The fourth-order valence-electron chi connectivity index (χ4n) is 2.56. The van der Waals surface area contributed by atoms with Gasteiger partial charge in [-0.15, -0.1) is 0 Å². The number of amides is 1. The van der Waals surface area contributed by atoms with Gasteiger partial charge in [0.25, 0.3) is 5.91 Å². The molecular formula is C15H23N3O. The Bertz CT molecular complexity index is 435. The van der Waals surface area contributed by atoms with Crippen molar-refractivity contribution in [1.29, 1.82) is 0 Å². The number of nitrogens with one attached hydrogen (secondary N) is 1. The molecule has 0 saturated heterocycles. The average Bonchev–Trinajstić information content (AvgIpc) is 3.16. The Kier molecular flexibility index (Phi) is 4.22. The number of benzene rings is 1. The molecule has 1 amide bonds. The molecule has 0 unspecified atom stereocenters. The summed E-state index contributed by atoms with van der Waals surface area (Å²) in [6, 6.07) is 8.01. The number of carbonyl (C=O) groups excluding carboxylic acids is 1. The van der Waals surface area contributed by atoms with E-state index in [4.69, 9.17) is 5.73 Å². The van der Waals surface area contributed by atoms with Crippen molar-refractivity contribution in [3.05, 3.63) is 35.4 Å². The highest BCUT2D eigenvalue weighted by atomic mass is 16.1. The van der Waals surface area contributed by atoms with Crippen LogP contribution in [0.2, 0.25) is 0 Å².